The van der Waals surface area contributed by atoms with Crippen molar-refractivity contribution in [3.8, 4) is 17.2 Å². The van der Waals surface area contributed by atoms with Gasteiger partial charge in [0.05, 0.1) is 17.4 Å². The van der Waals surface area contributed by atoms with Crippen molar-refractivity contribution in [1.29, 1.82) is 5.26 Å². The number of allylic oxidation sites excluding steroid dienone is 5. The lowest BCUT2D eigenvalue weighted by molar-refractivity contribution is 0.102. The molecule has 4 nitrogen and oxygen atoms in total. The van der Waals surface area contributed by atoms with Crippen molar-refractivity contribution in [2.24, 2.45) is 11.8 Å². The van der Waals surface area contributed by atoms with Crippen LogP contribution in [0.15, 0.2) is 91.1 Å². The zero-order chi connectivity index (χ0) is 35.6. The highest BCUT2D eigenvalue weighted by molar-refractivity contribution is 5.84. The third-order valence-corrected chi connectivity index (χ3v) is 8.38. The van der Waals surface area contributed by atoms with E-state index in [1.165, 1.54) is 17.7 Å². The summed E-state index contributed by atoms with van der Waals surface area (Å²) in [6.45, 7) is 22.9. The van der Waals surface area contributed by atoms with Gasteiger partial charge in [-0.15, -0.1) is 0 Å². The molecule has 1 aromatic heterocycles. The fraction of sp³-hybridized carbons (Fsp3) is 0.419. The topological polar surface area (TPSA) is 58.2 Å². The van der Waals surface area contributed by atoms with Gasteiger partial charge < -0.3 is 14.4 Å². The maximum absolute atomic E-state index is 14.2. The van der Waals surface area contributed by atoms with Crippen molar-refractivity contribution < 1.29 is 14.2 Å². The summed E-state index contributed by atoms with van der Waals surface area (Å²) in [4.78, 5) is 0. The summed E-state index contributed by atoms with van der Waals surface area (Å²) >= 11 is 0. The molecular formula is C43H55FN2O2. The van der Waals surface area contributed by atoms with E-state index < -0.39 is 5.60 Å². The summed E-state index contributed by atoms with van der Waals surface area (Å²) in [6.07, 6.45) is 13.7. The second-order valence-electron chi connectivity index (χ2n) is 14.1. The molecule has 2 aromatic carbocycles. The molecule has 0 amide bonds. The summed E-state index contributed by atoms with van der Waals surface area (Å²) < 4.78 is 22.9. The van der Waals surface area contributed by atoms with E-state index in [1.807, 2.05) is 44.2 Å². The van der Waals surface area contributed by atoms with Gasteiger partial charge in [-0.25, -0.2) is 4.39 Å². The first-order valence-electron chi connectivity index (χ1n) is 17.3. The number of aliphatic hydroxyl groups is 1. The Morgan fingerprint density at radius 3 is 2.31 bits per heavy atom. The Hall–Kier alpha value is -4.14. The van der Waals surface area contributed by atoms with Gasteiger partial charge in [-0.2, -0.15) is 5.26 Å². The standard InChI is InChI=1S/C37H39FN2O.C4H10O.C2H6/c1-25(2)40-33(16-13-30-23-31(30)19-22-39)34(29-11-14-32(38)15-12-29)35(37(5)20-17-26(3)18-21-37)36(40)27(4)41-24-28-9-7-6-8-10-28;1-4(2,3)5;1-2/h6-18,20,25,30-31H,4,19,21,23-24H2,1-3,5H3;5H,1-3H3;1-2H3/b16-13+;;. The van der Waals surface area contributed by atoms with Crippen molar-refractivity contribution in [2.75, 3.05) is 0 Å². The monoisotopic (exact) mass is 650 g/mol. The summed E-state index contributed by atoms with van der Waals surface area (Å²) in [5, 5.41) is 17.7. The zero-order valence-corrected chi connectivity index (χ0v) is 30.5. The zero-order valence-electron chi connectivity index (χ0n) is 30.5. The van der Waals surface area contributed by atoms with Gasteiger partial charge in [0.2, 0.25) is 0 Å². The number of rotatable bonds is 10. The average Bonchev–Trinajstić information content (AvgIpc) is 3.69. The Labute approximate surface area is 289 Å². The van der Waals surface area contributed by atoms with E-state index in [2.05, 4.69) is 87.4 Å². The molecule has 0 radical (unpaired) electrons. The lowest BCUT2D eigenvalue weighted by Crippen LogP contribution is -2.23. The first kappa shape index (κ1) is 38.3. The highest BCUT2D eigenvalue weighted by atomic mass is 19.1. The summed E-state index contributed by atoms with van der Waals surface area (Å²) in [5.74, 6) is 1.18. The number of hydrogen-bond donors (Lipinski definition) is 1. The van der Waals surface area contributed by atoms with Crippen LogP contribution in [0.4, 0.5) is 4.39 Å². The highest BCUT2D eigenvalue weighted by Crippen LogP contribution is 2.49. The SMILES string of the molecule is C=C(OCc1ccccc1)c1c(C2(C)C=CC(C)=CC2)c(-c2ccc(F)cc2)c(/C=C/C2CC2CC#N)n1C(C)C.CC.CC(C)(C)O. The predicted molar refractivity (Wildman–Crippen MR) is 200 cm³/mol. The van der Waals surface area contributed by atoms with Gasteiger partial charge in [-0.05, 0) is 101 Å². The number of halogens is 1. The molecule has 0 spiro atoms. The van der Waals surface area contributed by atoms with Crippen LogP contribution in [-0.4, -0.2) is 15.3 Å². The molecule has 3 atom stereocenters. The van der Waals surface area contributed by atoms with Crippen LogP contribution in [0.3, 0.4) is 0 Å². The van der Waals surface area contributed by atoms with E-state index in [0.29, 0.717) is 30.6 Å². The first-order valence-corrected chi connectivity index (χ1v) is 17.3. The molecule has 5 heteroatoms. The molecular weight excluding hydrogens is 595 g/mol. The van der Waals surface area contributed by atoms with Crippen LogP contribution in [0.25, 0.3) is 23.0 Å². The van der Waals surface area contributed by atoms with E-state index in [1.54, 1.807) is 20.8 Å². The molecule has 5 rings (SSSR count). The lowest BCUT2D eigenvalue weighted by atomic mass is 9.73. The van der Waals surface area contributed by atoms with E-state index in [0.717, 1.165) is 46.5 Å². The van der Waals surface area contributed by atoms with Crippen LogP contribution in [0, 0.1) is 29.0 Å². The molecule has 1 heterocycles. The number of hydrogen-bond acceptors (Lipinski definition) is 3. The van der Waals surface area contributed by atoms with E-state index in [4.69, 9.17) is 9.84 Å². The molecule has 0 bridgehead atoms. The molecule has 1 saturated carbocycles. The normalized spacial score (nSPS) is 19.9. The Balaban J connectivity index is 0.000000818. The number of ether oxygens (including phenoxy) is 1. The largest absolute Gasteiger partial charge is 0.487 e. The van der Waals surface area contributed by atoms with Gasteiger partial charge in [0.25, 0.3) is 0 Å². The third kappa shape index (κ3) is 10.2. The van der Waals surface area contributed by atoms with Crippen LogP contribution in [0.1, 0.15) is 110 Å². The van der Waals surface area contributed by atoms with Crippen LogP contribution >= 0.6 is 0 Å². The number of nitrogens with zero attached hydrogens (tertiary/aromatic N) is 2. The van der Waals surface area contributed by atoms with Gasteiger partial charge in [0.15, 0.2) is 0 Å². The van der Waals surface area contributed by atoms with E-state index in [-0.39, 0.29) is 17.3 Å². The average molecular weight is 651 g/mol. The minimum Gasteiger partial charge on any atom is -0.487 e. The Kier molecular flexibility index (Phi) is 13.4. The van der Waals surface area contributed by atoms with Crippen LogP contribution in [0.2, 0.25) is 0 Å². The molecule has 1 N–H and O–H groups in total. The molecule has 0 saturated heterocycles. The predicted octanol–water partition coefficient (Wildman–Crippen LogP) is 11.6. The van der Waals surface area contributed by atoms with Crippen LogP contribution in [0.5, 0.6) is 0 Å². The molecule has 0 aliphatic heterocycles. The summed E-state index contributed by atoms with van der Waals surface area (Å²) in [5.41, 5.74) is 6.70. The smallest absolute Gasteiger partial charge is 0.136 e. The molecule has 3 aromatic rings. The molecule has 2 aliphatic carbocycles. The van der Waals surface area contributed by atoms with Crippen LogP contribution < -0.4 is 0 Å². The van der Waals surface area contributed by atoms with E-state index >= 15 is 0 Å². The minimum absolute atomic E-state index is 0.109. The molecule has 48 heavy (non-hydrogen) atoms. The van der Waals surface area contributed by atoms with Gasteiger partial charge in [-0.1, -0.05) is 99.7 Å². The number of benzene rings is 2. The fourth-order valence-electron chi connectivity index (χ4n) is 5.94. The van der Waals surface area contributed by atoms with Gasteiger partial charge in [0, 0.05) is 29.1 Å². The van der Waals surface area contributed by atoms with E-state index in [9.17, 15) is 9.65 Å². The van der Waals surface area contributed by atoms with Crippen molar-refractivity contribution in [3.63, 3.8) is 0 Å². The van der Waals surface area contributed by atoms with Gasteiger partial charge in [0.1, 0.15) is 18.2 Å². The Morgan fingerprint density at radius 2 is 1.77 bits per heavy atom. The van der Waals surface area contributed by atoms with Crippen molar-refractivity contribution in [1.82, 2.24) is 4.57 Å². The third-order valence-electron chi connectivity index (χ3n) is 8.38. The lowest BCUT2D eigenvalue weighted by Gasteiger charge is -2.31. The summed E-state index contributed by atoms with van der Waals surface area (Å²) in [7, 11) is 0. The van der Waals surface area contributed by atoms with Crippen molar-refractivity contribution in [3.05, 3.63) is 119 Å². The maximum Gasteiger partial charge on any atom is 0.136 e. The molecule has 256 valence electrons. The quantitative estimate of drug-likeness (QED) is 0.222. The van der Waals surface area contributed by atoms with Gasteiger partial charge >= 0.3 is 0 Å². The molecule has 1 fully saturated rings. The van der Waals surface area contributed by atoms with Crippen LogP contribution in [-0.2, 0) is 16.8 Å². The second-order valence-corrected chi connectivity index (χ2v) is 14.1. The maximum atomic E-state index is 14.2. The Morgan fingerprint density at radius 1 is 1.15 bits per heavy atom. The number of aromatic nitrogens is 1. The molecule has 2 aliphatic rings. The van der Waals surface area contributed by atoms with Crippen molar-refractivity contribution in [2.45, 2.75) is 105 Å². The minimum atomic E-state index is -0.500. The second kappa shape index (κ2) is 16.8. The molecule has 3 unspecified atom stereocenters. The fourth-order valence-corrected chi connectivity index (χ4v) is 5.94. The Bertz CT molecular complexity index is 1640. The first-order chi connectivity index (χ1) is 22.7. The van der Waals surface area contributed by atoms with Crippen molar-refractivity contribution >= 4 is 11.8 Å². The summed E-state index contributed by atoms with van der Waals surface area (Å²) in [6, 6.07) is 19.4. The van der Waals surface area contributed by atoms with Gasteiger partial charge in [-0.3, -0.25) is 0 Å². The highest BCUT2D eigenvalue weighted by Gasteiger charge is 2.38. The number of nitriles is 1.